The monoisotopic (exact) mass is 195 g/mol. The average Bonchev–Trinajstić information content (AvgIpc) is 2.53. The normalized spacial score (nSPS) is 10.2. The summed E-state index contributed by atoms with van der Waals surface area (Å²) in [6, 6.07) is 3.38. The number of halogens is 1. The zero-order valence-corrected chi connectivity index (χ0v) is 7.31. The fourth-order valence-electron chi connectivity index (χ4n) is 0.945. The molecule has 6 heteroatoms. The van der Waals surface area contributed by atoms with Gasteiger partial charge in [-0.1, -0.05) is 0 Å². The Balaban J connectivity index is 2.53. The van der Waals surface area contributed by atoms with Crippen LogP contribution in [-0.2, 0) is 0 Å². The summed E-state index contributed by atoms with van der Waals surface area (Å²) < 4.78 is 1.56. The summed E-state index contributed by atoms with van der Waals surface area (Å²) >= 11 is 5.62. The Kier molecular flexibility index (Phi) is 1.86. The van der Waals surface area contributed by atoms with E-state index in [9.17, 15) is 0 Å². The van der Waals surface area contributed by atoms with Crippen LogP contribution >= 0.6 is 11.6 Å². The third-order valence-electron chi connectivity index (χ3n) is 1.44. The number of nitrogen functional groups attached to an aromatic ring is 1. The number of anilines is 1. The summed E-state index contributed by atoms with van der Waals surface area (Å²) in [7, 11) is 0. The van der Waals surface area contributed by atoms with Crippen molar-refractivity contribution in [2.75, 3.05) is 5.73 Å². The molecule has 2 N–H and O–H groups in total. The molecule has 2 rings (SSSR count). The van der Waals surface area contributed by atoms with E-state index in [1.165, 1.54) is 0 Å². The maximum atomic E-state index is 5.62. The predicted octanol–water partition coefficient (Wildman–Crippen LogP) is 0.898. The summed E-state index contributed by atoms with van der Waals surface area (Å²) in [5.74, 6) is 0.882. The third kappa shape index (κ3) is 1.59. The molecule has 66 valence electrons. The molecule has 2 aromatic heterocycles. The fourth-order valence-corrected chi connectivity index (χ4v) is 1.13. The van der Waals surface area contributed by atoms with Crippen LogP contribution in [0.2, 0.25) is 5.28 Å². The quantitative estimate of drug-likeness (QED) is 0.687. The van der Waals surface area contributed by atoms with Crippen LogP contribution in [0.15, 0.2) is 24.5 Å². The highest BCUT2D eigenvalue weighted by molar-refractivity contribution is 6.28. The predicted molar refractivity (Wildman–Crippen MR) is 48.6 cm³/mol. The Bertz CT molecular complexity index is 391. The molecule has 0 aliphatic rings. The highest BCUT2D eigenvalue weighted by Crippen LogP contribution is 2.10. The highest BCUT2D eigenvalue weighted by Gasteiger charge is 2.01. The Morgan fingerprint density at radius 2 is 2.23 bits per heavy atom. The van der Waals surface area contributed by atoms with Crippen molar-refractivity contribution in [2.45, 2.75) is 0 Å². The number of nitrogens with two attached hydrogens (primary N) is 1. The maximum Gasteiger partial charge on any atom is 0.226 e. The number of nitrogens with zero attached hydrogens (tertiary/aromatic N) is 4. The first-order chi connectivity index (χ1) is 6.25. The van der Waals surface area contributed by atoms with Gasteiger partial charge >= 0.3 is 0 Å². The van der Waals surface area contributed by atoms with Gasteiger partial charge in [-0.2, -0.15) is 10.1 Å². The molecule has 0 bridgehead atoms. The SMILES string of the molecule is Nc1cc(-n2cccn2)nc(Cl)n1. The summed E-state index contributed by atoms with van der Waals surface area (Å²) in [6.07, 6.45) is 3.39. The van der Waals surface area contributed by atoms with Gasteiger partial charge in [-0.05, 0) is 17.7 Å². The molecule has 0 radical (unpaired) electrons. The van der Waals surface area contributed by atoms with Crippen LogP contribution in [-0.4, -0.2) is 19.7 Å². The Morgan fingerprint density at radius 3 is 2.85 bits per heavy atom. The molecule has 0 saturated carbocycles. The average molecular weight is 196 g/mol. The van der Waals surface area contributed by atoms with Crippen molar-refractivity contribution in [3.8, 4) is 5.82 Å². The minimum Gasteiger partial charge on any atom is -0.383 e. The van der Waals surface area contributed by atoms with Crippen molar-refractivity contribution < 1.29 is 0 Å². The fraction of sp³-hybridized carbons (Fsp3) is 0. The van der Waals surface area contributed by atoms with E-state index in [1.807, 2.05) is 0 Å². The summed E-state index contributed by atoms with van der Waals surface area (Å²) in [5.41, 5.74) is 5.49. The number of aromatic nitrogens is 4. The Labute approximate surface area is 79.2 Å². The highest BCUT2D eigenvalue weighted by atomic mass is 35.5. The van der Waals surface area contributed by atoms with Crippen LogP contribution in [0.3, 0.4) is 0 Å². The molecular weight excluding hydrogens is 190 g/mol. The van der Waals surface area contributed by atoms with E-state index >= 15 is 0 Å². The lowest BCUT2D eigenvalue weighted by Gasteiger charge is -2.00. The van der Waals surface area contributed by atoms with Crippen molar-refractivity contribution in [1.82, 2.24) is 19.7 Å². The van der Waals surface area contributed by atoms with Crippen molar-refractivity contribution >= 4 is 17.4 Å². The maximum absolute atomic E-state index is 5.62. The van der Waals surface area contributed by atoms with Gasteiger partial charge in [0.1, 0.15) is 5.82 Å². The lowest BCUT2D eigenvalue weighted by atomic mass is 10.5. The van der Waals surface area contributed by atoms with Gasteiger partial charge < -0.3 is 5.73 Å². The largest absolute Gasteiger partial charge is 0.383 e. The van der Waals surface area contributed by atoms with E-state index in [1.54, 1.807) is 29.2 Å². The van der Waals surface area contributed by atoms with E-state index in [0.29, 0.717) is 11.6 Å². The molecular formula is C7H6ClN5. The van der Waals surface area contributed by atoms with Crippen LogP contribution in [0, 0.1) is 0 Å². The van der Waals surface area contributed by atoms with E-state index in [2.05, 4.69) is 15.1 Å². The molecule has 13 heavy (non-hydrogen) atoms. The zero-order chi connectivity index (χ0) is 9.26. The zero-order valence-electron chi connectivity index (χ0n) is 6.55. The van der Waals surface area contributed by atoms with Gasteiger partial charge in [0.15, 0.2) is 5.82 Å². The number of hydrogen-bond donors (Lipinski definition) is 1. The molecule has 5 nitrogen and oxygen atoms in total. The van der Waals surface area contributed by atoms with E-state index in [4.69, 9.17) is 17.3 Å². The molecule has 0 unspecified atom stereocenters. The van der Waals surface area contributed by atoms with Crippen LogP contribution in [0.25, 0.3) is 5.82 Å². The molecule has 0 atom stereocenters. The van der Waals surface area contributed by atoms with Crippen molar-refractivity contribution in [1.29, 1.82) is 0 Å². The van der Waals surface area contributed by atoms with Gasteiger partial charge in [-0.3, -0.25) is 0 Å². The number of hydrogen-bond acceptors (Lipinski definition) is 4. The van der Waals surface area contributed by atoms with Crippen molar-refractivity contribution in [3.05, 3.63) is 29.8 Å². The van der Waals surface area contributed by atoms with E-state index in [0.717, 1.165) is 0 Å². The van der Waals surface area contributed by atoms with Crippen LogP contribution in [0.1, 0.15) is 0 Å². The van der Waals surface area contributed by atoms with Crippen LogP contribution < -0.4 is 5.73 Å². The second-order valence-corrected chi connectivity index (χ2v) is 2.71. The van der Waals surface area contributed by atoms with Gasteiger partial charge in [0, 0.05) is 18.5 Å². The molecule has 0 spiro atoms. The van der Waals surface area contributed by atoms with Gasteiger partial charge in [0.2, 0.25) is 5.28 Å². The smallest absolute Gasteiger partial charge is 0.226 e. The van der Waals surface area contributed by atoms with E-state index < -0.39 is 0 Å². The lowest BCUT2D eigenvalue weighted by molar-refractivity contribution is 0.841. The molecule has 0 amide bonds. The van der Waals surface area contributed by atoms with Gasteiger partial charge in [-0.25, -0.2) is 9.67 Å². The number of rotatable bonds is 1. The molecule has 0 aliphatic carbocycles. The van der Waals surface area contributed by atoms with Gasteiger partial charge in [-0.15, -0.1) is 0 Å². The third-order valence-corrected chi connectivity index (χ3v) is 1.61. The standard InChI is InChI=1S/C7H6ClN5/c8-7-11-5(9)4-6(12-7)13-3-1-2-10-13/h1-4H,(H2,9,11,12). The molecule has 0 aliphatic heterocycles. The topological polar surface area (TPSA) is 69.6 Å². The molecule has 0 saturated heterocycles. The first-order valence-electron chi connectivity index (χ1n) is 3.56. The van der Waals surface area contributed by atoms with Gasteiger partial charge in [0.25, 0.3) is 0 Å². The molecule has 0 fully saturated rings. The molecule has 0 aromatic carbocycles. The first kappa shape index (κ1) is 8.00. The minimum absolute atomic E-state index is 0.116. The summed E-state index contributed by atoms with van der Waals surface area (Å²) in [5, 5.41) is 4.10. The lowest BCUT2D eigenvalue weighted by Crippen LogP contribution is -2.01. The molecule has 2 aromatic rings. The van der Waals surface area contributed by atoms with E-state index in [-0.39, 0.29) is 5.28 Å². The summed E-state index contributed by atoms with van der Waals surface area (Å²) in [4.78, 5) is 7.69. The van der Waals surface area contributed by atoms with Crippen molar-refractivity contribution in [3.63, 3.8) is 0 Å². The summed E-state index contributed by atoms with van der Waals surface area (Å²) in [6.45, 7) is 0. The minimum atomic E-state index is 0.116. The van der Waals surface area contributed by atoms with Crippen LogP contribution in [0.5, 0.6) is 0 Å². The Morgan fingerprint density at radius 1 is 1.38 bits per heavy atom. The van der Waals surface area contributed by atoms with Crippen LogP contribution in [0.4, 0.5) is 5.82 Å². The Hall–Kier alpha value is -1.62. The molecule has 2 heterocycles. The second kappa shape index (κ2) is 3.02. The second-order valence-electron chi connectivity index (χ2n) is 2.37. The van der Waals surface area contributed by atoms with Crippen molar-refractivity contribution in [2.24, 2.45) is 0 Å². The first-order valence-corrected chi connectivity index (χ1v) is 3.93. The van der Waals surface area contributed by atoms with Gasteiger partial charge in [0.05, 0.1) is 0 Å².